The maximum absolute atomic E-state index is 12.7. The number of phenolic OH excluding ortho intramolecular Hbond substituents is 1. The number of ether oxygens (including phenoxy) is 2. The van der Waals surface area contributed by atoms with Crippen LogP contribution in [0.15, 0.2) is 29.7 Å². The van der Waals surface area contributed by atoms with Crippen LogP contribution in [0.2, 0.25) is 0 Å². The van der Waals surface area contributed by atoms with E-state index in [2.05, 4.69) is 65.6 Å². The van der Waals surface area contributed by atoms with Gasteiger partial charge in [0.2, 0.25) is 5.91 Å². The molecule has 0 aliphatic carbocycles. The van der Waals surface area contributed by atoms with Gasteiger partial charge in [0, 0.05) is 53.1 Å². The number of hydrogen-bond acceptors (Lipinski definition) is 8. The maximum atomic E-state index is 12.7. The van der Waals surface area contributed by atoms with Gasteiger partial charge in [0.15, 0.2) is 0 Å². The molecule has 0 spiro atoms. The summed E-state index contributed by atoms with van der Waals surface area (Å²) < 4.78 is 9.93. The Morgan fingerprint density at radius 1 is 1.00 bits per heavy atom. The van der Waals surface area contributed by atoms with Gasteiger partial charge in [0.05, 0.1) is 17.1 Å². The highest BCUT2D eigenvalue weighted by Crippen LogP contribution is 2.42. The molecule has 41 heavy (non-hydrogen) atoms. The molecule has 0 bridgehead atoms. The molecule has 1 aromatic heterocycles. The van der Waals surface area contributed by atoms with Crippen molar-refractivity contribution in [2.75, 3.05) is 26.3 Å². The molecule has 1 amide bonds. The Hall–Kier alpha value is -3.20. The van der Waals surface area contributed by atoms with Crippen molar-refractivity contribution in [3.05, 3.63) is 45.8 Å². The third-order valence-corrected chi connectivity index (χ3v) is 8.22. The highest BCUT2D eigenvalue weighted by Gasteiger charge is 2.29. The monoisotopic (exact) mass is 584 g/mol. The molecule has 0 radical (unpaired) electrons. The van der Waals surface area contributed by atoms with E-state index in [1.54, 1.807) is 23.2 Å². The van der Waals surface area contributed by atoms with Crippen LogP contribution in [0.3, 0.4) is 0 Å². The van der Waals surface area contributed by atoms with Crippen molar-refractivity contribution in [3.8, 4) is 17.0 Å². The quantitative estimate of drug-likeness (QED) is 0.211. The second-order valence-electron chi connectivity index (χ2n) is 12.8. The van der Waals surface area contributed by atoms with E-state index >= 15 is 0 Å². The van der Waals surface area contributed by atoms with E-state index in [1.807, 2.05) is 0 Å². The molecule has 2 aromatic rings. The standard InChI is InChI=1S/C32H44N2O6S/c1-20(2)30(38)40-16-15-39-27(36)10-9-26(35)34-13-11-21(12-14-34)29-33-25(19-41-29)22-17-23(31(3,4)5)28(37)24(18-22)32(6,7)8/h17-19,21,37H,1,9-16H2,2-8H3. The largest absolute Gasteiger partial charge is 0.507 e. The predicted molar refractivity (Wildman–Crippen MR) is 161 cm³/mol. The van der Waals surface area contributed by atoms with Gasteiger partial charge >= 0.3 is 11.9 Å². The van der Waals surface area contributed by atoms with E-state index < -0.39 is 11.9 Å². The fraction of sp³-hybridized carbons (Fsp3) is 0.562. The van der Waals surface area contributed by atoms with Gasteiger partial charge in [-0.05, 0) is 42.7 Å². The Bertz CT molecular complexity index is 1240. The first kappa shape index (κ1) is 32.3. The number of benzene rings is 1. The zero-order valence-corrected chi connectivity index (χ0v) is 26.3. The van der Waals surface area contributed by atoms with Crippen LogP contribution < -0.4 is 0 Å². The molecule has 0 atom stereocenters. The lowest BCUT2D eigenvalue weighted by Gasteiger charge is -2.31. The summed E-state index contributed by atoms with van der Waals surface area (Å²) in [6.45, 7) is 18.8. The highest BCUT2D eigenvalue weighted by molar-refractivity contribution is 7.10. The zero-order valence-electron chi connectivity index (χ0n) is 25.5. The van der Waals surface area contributed by atoms with Crippen LogP contribution in [0.25, 0.3) is 11.3 Å². The van der Waals surface area contributed by atoms with Crippen LogP contribution in [0.5, 0.6) is 5.75 Å². The summed E-state index contributed by atoms with van der Waals surface area (Å²) in [6, 6.07) is 4.12. The fourth-order valence-corrected chi connectivity index (χ4v) is 5.76. The van der Waals surface area contributed by atoms with Crippen molar-refractivity contribution in [2.45, 2.75) is 90.9 Å². The Morgan fingerprint density at radius 3 is 2.10 bits per heavy atom. The lowest BCUT2D eigenvalue weighted by Crippen LogP contribution is -2.38. The average Bonchev–Trinajstić information content (AvgIpc) is 3.38. The highest BCUT2D eigenvalue weighted by atomic mass is 32.1. The van der Waals surface area contributed by atoms with Crippen molar-refractivity contribution in [1.82, 2.24) is 9.88 Å². The SMILES string of the molecule is C=C(C)C(=O)OCCOC(=O)CCC(=O)N1CCC(c2nc(-c3cc(C(C)(C)C)c(O)c(C(C)(C)C)c3)cs2)CC1. The molecule has 2 heterocycles. The smallest absolute Gasteiger partial charge is 0.333 e. The average molecular weight is 585 g/mol. The summed E-state index contributed by atoms with van der Waals surface area (Å²) in [5.74, 6) is -0.460. The van der Waals surface area contributed by atoms with Gasteiger partial charge in [-0.3, -0.25) is 9.59 Å². The Morgan fingerprint density at radius 2 is 1.56 bits per heavy atom. The number of aromatic hydroxyl groups is 1. The summed E-state index contributed by atoms with van der Waals surface area (Å²) in [5.41, 5.74) is 3.60. The molecule has 1 saturated heterocycles. The Kier molecular flexibility index (Phi) is 10.4. The Labute approximate surface area is 247 Å². The molecular formula is C32H44N2O6S. The Balaban J connectivity index is 1.55. The van der Waals surface area contributed by atoms with Crippen molar-refractivity contribution >= 4 is 29.2 Å². The number of nitrogens with zero attached hydrogens (tertiary/aromatic N) is 2. The number of phenols is 1. The van der Waals surface area contributed by atoms with E-state index in [1.165, 1.54) is 0 Å². The van der Waals surface area contributed by atoms with Crippen molar-refractivity contribution in [3.63, 3.8) is 0 Å². The second-order valence-corrected chi connectivity index (χ2v) is 13.7. The second kappa shape index (κ2) is 13.2. The van der Waals surface area contributed by atoms with Crippen molar-refractivity contribution in [2.24, 2.45) is 0 Å². The summed E-state index contributed by atoms with van der Waals surface area (Å²) in [7, 11) is 0. The van der Waals surface area contributed by atoms with Crippen molar-refractivity contribution < 1.29 is 29.0 Å². The number of esters is 2. The molecule has 1 aliphatic heterocycles. The molecule has 1 aromatic carbocycles. The van der Waals surface area contributed by atoms with E-state index in [0.29, 0.717) is 18.8 Å². The lowest BCUT2D eigenvalue weighted by atomic mass is 9.78. The van der Waals surface area contributed by atoms with Crippen LogP contribution >= 0.6 is 11.3 Å². The molecule has 3 rings (SSSR count). The first-order valence-corrected chi connectivity index (χ1v) is 15.1. The zero-order chi connectivity index (χ0) is 30.5. The first-order chi connectivity index (χ1) is 19.1. The summed E-state index contributed by atoms with van der Waals surface area (Å²) in [5, 5.41) is 14.2. The molecular weight excluding hydrogens is 540 g/mol. The van der Waals surface area contributed by atoms with Gasteiger partial charge in [0.25, 0.3) is 0 Å². The van der Waals surface area contributed by atoms with Crippen LogP contribution in [0, 0.1) is 0 Å². The van der Waals surface area contributed by atoms with Gasteiger partial charge in [-0.1, -0.05) is 48.1 Å². The third kappa shape index (κ3) is 8.64. The summed E-state index contributed by atoms with van der Waals surface area (Å²) >= 11 is 1.64. The molecule has 0 saturated carbocycles. The van der Waals surface area contributed by atoms with Crippen LogP contribution in [0.1, 0.15) is 96.2 Å². The lowest BCUT2D eigenvalue weighted by molar-refractivity contribution is -0.151. The number of likely N-dealkylation sites (tertiary alicyclic amines) is 1. The molecule has 224 valence electrons. The maximum Gasteiger partial charge on any atom is 0.333 e. The van der Waals surface area contributed by atoms with Gasteiger partial charge < -0.3 is 19.5 Å². The third-order valence-electron chi connectivity index (χ3n) is 7.21. The number of hydrogen-bond donors (Lipinski definition) is 1. The van der Waals surface area contributed by atoms with E-state index in [4.69, 9.17) is 14.5 Å². The first-order valence-electron chi connectivity index (χ1n) is 14.2. The number of carbonyl (C=O) groups excluding carboxylic acids is 3. The van der Waals surface area contributed by atoms with Crippen LogP contribution in [0.4, 0.5) is 0 Å². The van der Waals surface area contributed by atoms with Crippen LogP contribution in [-0.2, 0) is 34.7 Å². The van der Waals surface area contributed by atoms with Gasteiger partial charge in [-0.25, -0.2) is 9.78 Å². The van der Waals surface area contributed by atoms with Gasteiger partial charge in [-0.15, -0.1) is 11.3 Å². The molecule has 9 heteroatoms. The molecule has 8 nitrogen and oxygen atoms in total. The molecule has 1 fully saturated rings. The molecule has 1 aliphatic rings. The predicted octanol–water partition coefficient (Wildman–Crippen LogP) is 6.26. The van der Waals surface area contributed by atoms with Crippen LogP contribution in [-0.4, -0.2) is 59.1 Å². The van der Waals surface area contributed by atoms with E-state index in [9.17, 15) is 19.5 Å². The minimum absolute atomic E-state index is 0.0111. The number of aromatic nitrogens is 1. The number of amides is 1. The minimum atomic E-state index is -0.529. The number of carbonyl (C=O) groups is 3. The molecule has 0 unspecified atom stereocenters. The van der Waals surface area contributed by atoms with Crippen molar-refractivity contribution in [1.29, 1.82) is 0 Å². The fourth-order valence-electron chi connectivity index (χ4n) is 4.76. The topological polar surface area (TPSA) is 106 Å². The summed E-state index contributed by atoms with van der Waals surface area (Å²) in [4.78, 5) is 42.8. The van der Waals surface area contributed by atoms with Gasteiger partial charge in [0.1, 0.15) is 19.0 Å². The summed E-state index contributed by atoms with van der Waals surface area (Å²) in [6.07, 6.45) is 1.70. The molecule has 1 N–H and O–H groups in total. The van der Waals surface area contributed by atoms with E-state index in [-0.39, 0.29) is 54.3 Å². The normalized spacial score (nSPS) is 14.6. The number of piperidine rings is 1. The minimum Gasteiger partial charge on any atom is -0.507 e. The van der Waals surface area contributed by atoms with E-state index in [0.717, 1.165) is 40.2 Å². The number of thiazole rings is 1. The number of rotatable bonds is 9. The van der Waals surface area contributed by atoms with Gasteiger partial charge in [-0.2, -0.15) is 0 Å².